The molecule has 2 aliphatic heterocycles. The molecule has 0 saturated carbocycles. The molecule has 1 unspecified atom stereocenters. The van der Waals surface area contributed by atoms with Gasteiger partial charge in [0.1, 0.15) is 5.76 Å². The van der Waals surface area contributed by atoms with Crippen molar-refractivity contribution in [2.45, 2.75) is 32.2 Å². The number of hydrogen-bond donors (Lipinski definition) is 1. The lowest BCUT2D eigenvalue weighted by molar-refractivity contribution is -0.140. The number of ether oxygens (including phenoxy) is 2. The first-order valence-electron chi connectivity index (χ1n) is 11.0. The number of Topliss-reactive ketones (excluding diaryl/α,β-unsaturated/α-hetero) is 1. The monoisotopic (exact) mass is 450 g/mol. The molecule has 0 spiro atoms. The van der Waals surface area contributed by atoms with Crippen LogP contribution in [-0.4, -0.2) is 60.6 Å². The lowest BCUT2D eigenvalue weighted by Gasteiger charge is -2.27. The van der Waals surface area contributed by atoms with Gasteiger partial charge in [-0.25, -0.2) is 0 Å². The van der Waals surface area contributed by atoms with E-state index in [1.165, 1.54) is 0 Å². The molecule has 7 nitrogen and oxygen atoms in total. The maximum atomic E-state index is 13.1. The van der Waals surface area contributed by atoms with Crippen molar-refractivity contribution in [2.24, 2.45) is 0 Å². The van der Waals surface area contributed by atoms with E-state index >= 15 is 0 Å². The molecule has 2 heterocycles. The van der Waals surface area contributed by atoms with E-state index in [0.717, 1.165) is 11.1 Å². The average Bonchev–Trinajstić information content (AvgIpc) is 3.33. The van der Waals surface area contributed by atoms with Crippen LogP contribution in [0, 0.1) is 0 Å². The van der Waals surface area contributed by atoms with Crippen LogP contribution in [0.3, 0.4) is 0 Å². The summed E-state index contributed by atoms with van der Waals surface area (Å²) < 4.78 is 10.8. The molecule has 2 aliphatic rings. The van der Waals surface area contributed by atoms with Gasteiger partial charge in [0.15, 0.2) is 11.5 Å². The lowest BCUT2D eigenvalue weighted by Crippen LogP contribution is -2.35. The van der Waals surface area contributed by atoms with Crippen molar-refractivity contribution in [3.63, 3.8) is 0 Å². The summed E-state index contributed by atoms with van der Waals surface area (Å²) in [5, 5.41) is 11.2. The largest absolute Gasteiger partial charge is 0.507 e. The molecule has 0 aliphatic carbocycles. The Hall–Kier alpha value is -3.32. The molecule has 0 bridgehead atoms. The highest BCUT2D eigenvalue weighted by atomic mass is 16.7. The fourth-order valence-electron chi connectivity index (χ4n) is 4.13. The number of carbonyl (C=O) groups excluding carboxylic acids is 2. The smallest absolute Gasteiger partial charge is 0.295 e. The molecular formula is C26H30N2O5. The van der Waals surface area contributed by atoms with E-state index in [1.54, 1.807) is 23.1 Å². The van der Waals surface area contributed by atoms with Crippen LogP contribution in [0.1, 0.15) is 43.5 Å². The SMILES string of the molecule is CN(C)CCN1C(=O)C(=O)C(=C(O)c2ccc3c(c2)OCO3)C1c1ccc(C(C)(C)C)cc1. The normalized spacial score (nSPS) is 19.6. The molecule has 174 valence electrons. The van der Waals surface area contributed by atoms with Gasteiger partial charge in [-0.05, 0) is 48.8 Å². The Balaban J connectivity index is 1.81. The first-order valence-corrected chi connectivity index (χ1v) is 11.0. The van der Waals surface area contributed by atoms with E-state index in [9.17, 15) is 14.7 Å². The first-order chi connectivity index (χ1) is 15.6. The maximum Gasteiger partial charge on any atom is 0.295 e. The Morgan fingerprint density at radius 1 is 1.06 bits per heavy atom. The quantitative estimate of drug-likeness (QED) is 0.425. The van der Waals surface area contributed by atoms with Gasteiger partial charge < -0.3 is 24.4 Å². The number of benzene rings is 2. The summed E-state index contributed by atoms with van der Waals surface area (Å²) in [4.78, 5) is 29.7. The number of carbonyl (C=O) groups is 2. The molecule has 4 rings (SSSR count). The summed E-state index contributed by atoms with van der Waals surface area (Å²) in [6, 6.07) is 12.2. The number of nitrogens with zero attached hydrogens (tertiary/aromatic N) is 2. The number of aliphatic hydroxyl groups excluding tert-OH is 1. The molecule has 1 atom stereocenters. The standard InChI is InChI=1S/C26H30N2O5/c1-26(2,3)18-9-6-16(7-10-18)22-21(24(30)25(31)28(22)13-12-27(4)5)23(29)17-8-11-19-20(14-17)33-15-32-19/h6-11,14,22,29H,12-13,15H2,1-5H3. The second-order valence-corrected chi connectivity index (χ2v) is 9.74. The molecule has 1 saturated heterocycles. The Morgan fingerprint density at radius 2 is 1.73 bits per heavy atom. The van der Waals surface area contributed by atoms with E-state index in [4.69, 9.17) is 9.47 Å². The van der Waals surface area contributed by atoms with Crippen molar-refractivity contribution in [1.29, 1.82) is 0 Å². The third-order valence-electron chi connectivity index (χ3n) is 6.07. The number of aliphatic hydroxyl groups is 1. The summed E-state index contributed by atoms with van der Waals surface area (Å²) in [7, 11) is 3.83. The minimum absolute atomic E-state index is 0.0300. The number of fused-ring (bicyclic) bond motifs is 1. The summed E-state index contributed by atoms with van der Waals surface area (Å²) in [6.07, 6.45) is 0. The molecule has 7 heteroatoms. The van der Waals surface area contributed by atoms with Gasteiger partial charge in [-0.1, -0.05) is 45.0 Å². The molecule has 1 fully saturated rings. The van der Waals surface area contributed by atoms with Crippen molar-refractivity contribution in [2.75, 3.05) is 34.0 Å². The summed E-state index contributed by atoms with van der Waals surface area (Å²) in [5.74, 6) is -0.443. The Kier molecular flexibility index (Phi) is 5.93. The second kappa shape index (κ2) is 8.56. The van der Waals surface area contributed by atoms with E-state index in [2.05, 4.69) is 20.8 Å². The molecule has 2 aromatic rings. The van der Waals surface area contributed by atoms with Gasteiger partial charge in [0.2, 0.25) is 6.79 Å². The van der Waals surface area contributed by atoms with Gasteiger partial charge in [0.05, 0.1) is 11.6 Å². The van der Waals surface area contributed by atoms with Crippen LogP contribution in [0.4, 0.5) is 0 Å². The van der Waals surface area contributed by atoms with E-state index in [-0.39, 0.29) is 23.5 Å². The highest BCUT2D eigenvalue weighted by molar-refractivity contribution is 6.46. The Labute approximate surface area is 194 Å². The Morgan fingerprint density at radius 3 is 2.36 bits per heavy atom. The van der Waals surface area contributed by atoms with Gasteiger partial charge in [-0.15, -0.1) is 0 Å². The fraction of sp³-hybridized carbons (Fsp3) is 0.385. The van der Waals surface area contributed by atoms with E-state index in [0.29, 0.717) is 30.2 Å². The molecule has 1 N–H and O–H groups in total. The number of amides is 1. The number of likely N-dealkylation sites (N-methyl/N-ethyl adjacent to an activating group) is 1. The molecule has 0 aromatic heterocycles. The minimum Gasteiger partial charge on any atom is -0.507 e. The predicted molar refractivity (Wildman–Crippen MR) is 125 cm³/mol. The summed E-state index contributed by atoms with van der Waals surface area (Å²) in [6.45, 7) is 7.45. The van der Waals surface area contributed by atoms with Gasteiger partial charge in [-0.3, -0.25) is 9.59 Å². The number of hydrogen-bond acceptors (Lipinski definition) is 6. The average molecular weight is 451 g/mol. The number of ketones is 1. The molecule has 33 heavy (non-hydrogen) atoms. The van der Waals surface area contributed by atoms with Gasteiger partial charge >= 0.3 is 0 Å². The zero-order valence-electron chi connectivity index (χ0n) is 19.7. The highest BCUT2D eigenvalue weighted by Gasteiger charge is 2.46. The van der Waals surface area contributed by atoms with Crippen molar-refractivity contribution in [3.05, 3.63) is 64.7 Å². The van der Waals surface area contributed by atoms with Crippen LogP contribution < -0.4 is 9.47 Å². The number of likely N-dealkylation sites (tertiary alicyclic amines) is 1. The van der Waals surface area contributed by atoms with Crippen LogP contribution in [0.25, 0.3) is 5.76 Å². The van der Waals surface area contributed by atoms with Crippen LogP contribution >= 0.6 is 0 Å². The predicted octanol–water partition coefficient (Wildman–Crippen LogP) is 3.70. The number of rotatable bonds is 5. The van der Waals surface area contributed by atoms with Crippen molar-refractivity contribution < 1.29 is 24.2 Å². The fourth-order valence-corrected chi connectivity index (χ4v) is 4.13. The van der Waals surface area contributed by atoms with E-state index < -0.39 is 17.7 Å². The van der Waals surface area contributed by atoms with Gasteiger partial charge in [-0.2, -0.15) is 0 Å². The summed E-state index contributed by atoms with van der Waals surface area (Å²) in [5.41, 5.74) is 2.38. The van der Waals surface area contributed by atoms with Crippen molar-refractivity contribution in [3.8, 4) is 11.5 Å². The van der Waals surface area contributed by atoms with Crippen molar-refractivity contribution >= 4 is 17.4 Å². The topological polar surface area (TPSA) is 79.3 Å². The lowest BCUT2D eigenvalue weighted by atomic mass is 9.85. The van der Waals surface area contributed by atoms with Crippen LogP contribution in [0.2, 0.25) is 0 Å². The Bertz CT molecular complexity index is 1110. The molecule has 2 aromatic carbocycles. The zero-order valence-corrected chi connectivity index (χ0v) is 19.7. The molecule has 0 radical (unpaired) electrons. The maximum absolute atomic E-state index is 13.1. The van der Waals surface area contributed by atoms with Gasteiger partial charge in [0, 0.05) is 18.7 Å². The first kappa shape index (κ1) is 22.9. The van der Waals surface area contributed by atoms with Crippen LogP contribution in [0.5, 0.6) is 11.5 Å². The highest BCUT2D eigenvalue weighted by Crippen LogP contribution is 2.41. The summed E-state index contributed by atoms with van der Waals surface area (Å²) >= 11 is 0. The van der Waals surface area contributed by atoms with Crippen LogP contribution in [-0.2, 0) is 15.0 Å². The third-order valence-corrected chi connectivity index (χ3v) is 6.07. The van der Waals surface area contributed by atoms with Crippen LogP contribution in [0.15, 0.2) is 48.0 Å². The van der Waals surface area contributed by atoms with Crippen molar-refractivity contribution in [1.82, 2.24) is 9.80 Å². The molecular weight excluding hydrogens is 420 g/mol. The second-order valence-electron chi connectivity index (χ2n) is 9.74. The van der Waals surface area contributed by atoms with Gasteiger partial charge in [0.25, 0.3) is 11.7 Å². The van der Waals surface area contributed by atoms with E-state index in [1.807, 2.05) is 43.3 Å². The minimum atomic E-state index is -0.686. The zero-order chi connectivity index (χ0) is 23.9. The third kappa shape index (κ3) is 4.33. The molecule has 1 amide bonds.